The highest BCUT2D eigenvalue weighted by Crippen LogP contribution is 2.40. The van der Waals surface area contributed by atoms with E-state index in [-0.39, 0.29) is 50.3 Å². The van der Waals surface area contributed by atoms with Gasteiger partial charge in [-0.25, -0.2) is 9.07 Å². The number of anilines is 3. The van der Waals surface area contributed by atoms with E-state index in [9.17, 15) is 24.2 Å². The molecule has 1 atom stereocenters. The van der Waals surface area contributed by atoms with Crippen LogP contribution < -0.4 is 15.4 Å². The molecule has 1 saturated carbocycles. The van der Waals surface area contributed by atoms with Gasteiger partial charge in [0.05, 0.1) is 47.1 Å². The Hall–Kier alpha value is -4.89. The number of nitrogens with zero attached hydrogens (tertiary/aromatic N) is 5. The fourth-order valence-corrected chi connectivity index (χ4v) is 4.69. The smallest absolute Gasteiger partial charge is 0.404 e. The van der Waals surface area contributed by atoms with Crippen molar-refractivity contribution in [1.29, 1.82) is 5.26 Å². The molecule has 2 aromatic heterocycles. The Morgan fingerprint density at radius 1 is 1.14 bits per heavy atom. The minimum Gasteiger partial charge on any atom is -0.404 e. The van der Waals surface area contributed by atoms with Crippen LogP contribution in [0.25, 0.3) is 10.9 Å². The Balaban J connectivity index is 1.46. The number of nitriles is 1. The molecule has 6 rings (SSSR count). The van der Waals surface area contributed by atoms with Gasteiger partial charge in [0.15, 0.2) is 5.75 Å². The fraction of sp³-hybridized carbons (Fsp3) is 0.172. The average Bonchev–Trinajstić information content (AvgIpc) is 3.69. The van der Waals surface area contributed by atoms with Crippen molar-refractivity contribution in [3.8, 4) is 11.8 Å². The summed E-state index contributed by atoms with van der Waals surface area (Å²) in [5.74, 6) is -0.994. The SMILES string of the molecule is [2H][C@@](Nc1cc(Cl)c2ncc(C#N)c(Nc3ccccc3OC(F)(F)F)c2c1)(c1ccc(F)cc1)c1cn(C2CC2)nn1. The van der Waals surface area contributed by atoms with Gasteiger partial charge < -0.3 is 15.4 Å². The normalized spacial score (nSPS) is 15.0. The highest BCUT2D eigenvalue weighted by Gasteiger charge is 2.32. The third-order valence-corrected chi connectivity index (χ3v) is 6.80. The average molecular weight is 595 g/mol. The third kappa shape index (κ3) is 5.77. The predicted octanol–water partition coefficient (Wildman–Crippen LogP) is 7.67. The van der Waals surface area contributed by atoms with Crippen LogP contribution in [0, 0.1) is 17.1 Å². The number of hydrogen-bond acceptors (Lipinski definition) is 7. The molecule has 2 N–H and O–H groups in total. The zero-order valence-corrected chi connectivity index (χ0v) is 22.2. The molecule has 0 amide bonds. The molecule has 2 heterocycles. The number of pyridine rings is 1. The second kappa shape index (κ2) is 10.8. The van der Waals surface area contributed by atoms with Gasteiger partial charge in [0.2, 0.25) is 0 Å². The second-order valence-electron chi connectivity index (χ2n) is 9.50. The zero-order valence-electron chi connectivity index (χ0n) is 22.5. The molecule has 0 unspecified atom stereocenters. The molecular weight excluding hydrogens is 574 g/mol. The van der Waals surface area contributed by atoms with Gasteiger partial charge in [0, 0.05) is 17.3 Å². The minimum atomic E-state index is -4.95. The van der Waals surface area contributed by atoms with Gasteiger partial charge in [-0.2, -0.15) is 5.26 Å². The number of alkyl halides is 3. The molecule has 1 aliphatic carbocycles. The Bertz CT molecular complexity index is 1870. The first kappa shape index (κ1) is 26.0. The summed E-state index contributed by atoms with van der Waals surface area (Å²) in [5.41, 5.74) is 1.21. The standard InChI is InChI=1S/C29H20ClF4N7O/c30-22-12-19(37-27(16-5-7-18(31)8-6-16)24-15-41(40-39-24)20-9-10-20)11-21-26(17(13-35)14-36-28(21)22)38-23-3-1-2-4-25(23)42-29(32,33)34/h1-8,11-12,14-15,20,27,37H,9-10H2,(H,36,38)/t27-/m1/s1/i27D. The van der Waals surface area contributed by atoms with E-state index in [2.05, 4.69) is 30.7 Å². The molecule has 0 radical (unpaired) electrons. The lowest BCUT2D eigenvalue weighted by atomic mass is 10.0. The number of aromatic nitrogens is 4. The molecule has 0 spiro atoms. The molecule has 5 aromatic rings. The van der Waals surface area contributed by atoms with Crippen molar-refractivity contribution < 1.29 is 23.7 Å². The molecule has 0 bridgehead atoms. The summed E-state index contributed by atoms with van der Waals surface area (Å²) in [4.78, 5) is 4.28. The fourth-order valence-electron chi connectivity index (χ4n) is 4.42. The summed E-state index contributed by atoms with van der Waals surface area (Å²) in [5, 5.41) is 24.7. The topological polar surface area (TPSA) is 101 Å². The maximum atomic E-state index is 13.8. The Morgan fingerprint density at radius 2 is 1.90 bits per heavy atom. The Morgan fingerprint density at radius 3 is 2.62 bits per heavy atom. The van der Waals surface area contributed by atoms with E-state index in [1.807, 2.05) is 6.07 Å². The molecule has 1 aliphatic rings. The molecule has 0 aliphatic heterocycles. The molecule has 42 heavy (non-hydrogen) atoms. The summed E-state index contributed by atoms with van der Waals surface area (Å²) in [6.45, 7) is 0. The molecule has 1 fully saturated rings. The maximum Gasteiger partial charge on any atom is 0.573 e. The van der Waals surface area contributed by atoms with Crippen molar-refractivity contribution in [2.24, 2.45) is 0 Å². The van der Waals surface area contributed by atoms with Crippen LogP contribution in [0.4, 0.5) is 34.6 Å². The van der Waals surface area contributed by atoms with Gasteiger partial charge in [-0.1, -0.05) is 41.1 Å². The lowest BCUT2D eigenvalue weighted by Gasteiger charge is -2.20. The summed E-state index contributed by atoms with van der Waals surface area (Å²) in [7, 11) is 0. The largest absolute Gasteiger partial charge is 0.573 e. The van der Waals surface area contributed by atoms with Gasteiger partial charge >= 0.3 is 6.36 Å². The molecule has 8 nitrogen and oxygen atoms in total. The lowest BCUT2D eigenvalue weighted by molar-refractivity contribution is -0.274. The number of nitrogens with one attached hydrogen (secondary N) is 2. The molecule has 13 heteroatoms. The van der Waals surface area contributed by atoms with Crippen molar-refractivity contribution >= 4 is 39.6 Å². The summed E-state index contributed by atoms with van der Waals surface area (Å²) in [6, 6.07) is 14.2. The van der Waals surface area contributed by atoms with Crippen LogP contribution in [0.5, 0.6) is 5.75 Å². The molecular formula is C29H20ClF4N7O. The Labute approximate surface area is 242 Å². The van der Waals surface area contributed by atoms with E-state index in [4.69, 9.17) is 11.6 Å². The van der Waals surface area contributed by atoms with E-state index in [0.717, 1.165) is 18.9 Å². The highest BCUT2D eigenvalue weighted by molar-refractivity contribution is 6.36. The van der Waals surface area contributed by atoms with Crippen LogP contribution >= 0.6 is 11.6 Å². The molecule has 0 saturated heterocycles. The van der Waals surface area contributed by atoms with Crippen LogP contribution in [-0.4, -0.2) is 26.3 Å². The summed E-state index contributed by atoms with van der Waals surface area (Å²) < 4.78 is 68.4. The summed E-state index contributed by atoms with van der Waals surface area (Å²) in [6.07, 6.45) is -0.155. The van der Waals surface area contributed by atoms with Gasteiger partial charge in [-0.15, -0.1) is 18.3 Å². The lowest BCUT2D eigenvalue weighted by Crippen LogP contribution is -2.18. The number of ether oxygens (including phenoxy) is 1. The number of para-hydroxylation sites is 2. The Kier molecular flexibility index (Phi) is 6.71. The minimum absolute atomic E-state index is 0.0191. The van der Waals surface area contributed by atoms with Crippen LogP contribution in [0.1, 0.15) is 43.1 Å². The van der Waals surface area contributed by atoms with Crippen LogP contribution in [0.3, 0.4) is 0 Å². The van der Waals surface area contributed by atoms with E-state index in [1.165, 1.54) is 54.7 Å². The van der Waals surface area contributed by atoms with Crippen LogP contribution in [-0.2, 0) is 0 Å². The predicted molar refractivity (Wildman–Crippen MR) is 148 cm³/mol. The number of benzene rings is 3. The van der Waals surface area contributed by atoms with Crippen LogP contribution in [0.2, 0.25) is 5.02 Å². The van der Waals surface area contributed by atoms with Crippen molar-refractivity contribution in [3.63, 3.8) is 0 Å². The van der Waals surface area contributed by atoms with Gasteiger partial charge in [0.25, 0.3) is 0 Å². The monoisotopic (exact) mass is 594 g/mol. The first-order valence-electron chi connectivity index (χ1n) is 13.1. The van der Waals surface area contributed by atoms with Crippen molar-refractivity contribution in [2.75, 3.05) is 10.6 Å². The highest BCUT2D eigenvalue weighted by atomic mass is 35.5. The van der Waals surface area contributed by atoms with E-state index in [0.29, 0.717) is 5.56 Å². The quantitative estimate of drug-likeness (QED) is 0.178. The number of fused-ring (bicyclic) bond motifs is 1. The summed E-state index contributed by atoms with van der Waals surface area (Å²) >= 11 is 6.62. The molecule has 3 aromatic carbocycles. The first-order valence-corrected chi connectivity index (χ1v) is 13.0. The van der Waals surface area contributed by atoms with Gasteiger partial charge in [0.1, 0.15) is 17.6 Å². The molecule has 212 valence electrons. The van der Waals surface area contributed by atoms with E-state index >= 15 is 0 Å². The maximum absolute atomic E-state index is 13.8. The zero-order chi connectivity index (χ0) is 30.4. The third-order valence-electron chi connectivity index (χ3n) is 6.51. The first-order chi connectivity index (χ1) is 20.5. The second-order valence-corrected chi connectivity index (χ2v) is 9.91. The van der Waals surface area contributed by atoms with Gasteiger partial charge in [-0.3, -0.25) is 4.98 Å². The van der Waals surface area contributed by atoms with Crippen molar-refractivity contribution in [3.05, 3.63) is 101 Å². The number of rotatable bonds is 8. The van der Waals surface area contributed by atoms with E-state index < -0.39 is 23.9 Å². The van der Waals surface area contributed by atoms with Crippen molar-refractivity contribution in [1.82, 2.24) is 20.0 Å². The number of hydrogen-bond donors (Lipinski definition) is 2. The van der Waals surface area contributed by atoms with Gasteiger partial charge in [-0.05, 0) is 54.8 Å². The number of halogens is 5. The van der Waals surface area contributed by atoms with E-state index in [1.54, 1.807) is 16.9 Å². The van der Waals surface area contributed by atoms with Crippen LogP contribution in [0.15, 0.2) is 73.1 Å². The van der Waals surface area contributed by atoms with Crippen molar-refractivity contribution in [2.45, 2.75) is 31.3 Å².